The predicted molar refractivity (Wildman–Crippen MR) is 131 cm³/mol. The molecule has 2 amide bonds. The fraction of sp³-hybridized carbons (Fsp3) is 0.440. The molecule has 1 fully saturated rings. The van der Waals surface area contributed by atoms with E-state index in [1.165, 1.54) is 6.42 Å². The van der Waals surface area contributed by atoms with Gasteiger partial charge < -0.3 is 10.2 Å². The van der Waals surface area contributed by atoms with Gasteiger partial charge in [-0.3, -0.25) is 9.59 Å². The summed E-state index contributed by atoms with van der Waals surface area (Å²) in [6, 6.07) is 12.2. The predicted octanol–water partition coefficient (Wildman–Crippen LogP) is 6.45. The molecule has 0 radical (unpaired) electrons. The van der Waals surface area contributed by atoms with Gasteiger partial charge in [0.25, 0.3) is 0 Å². The molecule has 1 saturated carbocycles. The lowest BCUT2D eigenvalue weighted by atomic mass is 9.95. The fourth-order valence-corrected chi connectivity index (χ4v) is 4.84. The summed E-state index contributed by atoms with van der Waals surface area (Å²) in [5.41, 5.74) is 1.54. The van der Waals surface area contributed by atoms with Crippen molar-refractivity contribution < 1.29 is 9.59 Å². The lowest BCUT2D eigenvalue weighted by Crippen LogP contribution is -2.50. The summed E-state index contributed by atoms with van der Waals surface area (Å²) in [6.07, 6.45) is 6.13. The first kappa shape index (κ1) is 24.9. The molecular weight excluding hydrogens is 467 g/mol. The molecule has 4 nitrogen and oxygen atoms in total. The molecule has 0 aromatic heterocycles. The van der Waals surface area contributed by atoms with Crippen LogP contribution in [0.3, 0.4) is 0 Å². The number of halogens is 3. The highest BCUT2D eigenvalue weighted by Crippen LogP contribution is 2.27. The molecule has 2 aromatic rings. The molecule has 1 N–H and O–H groups in total. The van der Waals surface area contributed by atoms with Gasteiger partial charge in [0.1, 0.15) is 6.04 Å². The first-order valence-electron chi connectivity index (χ1n) is 11.1. The van der Waals surface area contributed by atoms with Crippen LogP contribution >= 0.6 is 34.8 Å². The van der Waals surface area contributed by atoms with Crippen molar-refractivity contribution >= 4 is 46.6 Å². The van der Waals surface area contributed by atoms with Crippen molar-refractivity contribution in [2.45, 2.75) is 70.5 Å². The third kappa shape index (κ3) is 6.63. The molecule has 0 unspecified atom stereocenters. The number of rotatable bonds is 8. The summed E-state index contributed by atoms with van der Waals surface area (Å²) in [6.45, 7) is 1.93. The second-order valence-corrected chi connectivity index (χ2v) is 9.55. The maximum Gasteiger partial charge on any atom is 0.242 e. The zero-order valence-corrected chi connectivity index (χ0v) is 20.5. The SMILES string of the molecule is C[C@H](C(=O)NC1CCCCC1)N(Cc1c(Cl)cccc1Cl)C(=O)CCc1ccccc1Cl. The van der Waals surface area contributed by atoms with Gasteiger partial charge in [-0.1, -0.05) is 78.3 Å². The average molecular weight is 496 g/mol. The minimum absolute atomic E-state index is 0.146. The van der Waals surface area contributed by atoms with E-state index in [0.29, 0.717) is 27.1 Å². The van der Waals surface area contributed by atoms with Gasteiger partial charge in [-0.15, -0.1) is 0 Å². The van der Waals surface area contributed by atoms with E-state index >= 15 is 0 Å². The molecule has 0 spiro atoms. The lowest BCUT2D eigenvalue weighted by Gasteiger charge is -2.31. The molecule has 7 heteroatoms. The van der Waals surface area contributed by atoms with E-state index in [1.807, 2.05) is 24.3 Å². The molecule has 0 aliphatic heterocycles. The summed E-state index contributed by atoms with van der Waals surface area (Å²) < 4.78 is 0. The van der Waals surface area contributed by atoms with E-state index in [4.69, 9.17) is 34.8 Å². The van der Waals surface area contributed by atoms with Crippen LogP contribution in [-0.2, 0) is 22.6 Å². The van der Waals surface area contributed by atoms with Crippen molar-refractivity contribution in [2.75, 3.05) is 0 Å². The Hall–Kier alpha value is -1.75. The van der Waals surface area contributed by atoms with Crippen LogP contribution < -0.4 is 5.32 Å². The zero-order valence-electron chi connectivity index (χ0n) is 18.3. The molecule has 1 atom stereocenters. The van der Waals surface area contributed by atoms with Crippen molar-refractivity contribution in [1.82, 2.24) is 10.2 Å². The number of nitrogens with zero attached hydrogens (tertiary/aromatic N) is 1. The molecule has 1 aliphatic rings. The highest BCUT2D eigenvalue weighted by Gasteiger charge is 2.29. The zero-order chi connectivity index (χ0) is 23.1. The van der Waals surface area contributed by atoms with E-state index < -0.39 is 6.04 Å². The number of carbonyl (C=O) groups is 2. The van der Waals surface area contributed by atoms with Crippen LogP contribution in [0.5, 0.6) is 0 Å². The van der Waals surface area contributed by atoms with Crippen LogP contribution in [0.2, 0.25) is 15.1 Å². The van der Waals surface area contributed by atoms with Crippen LogP contribution in [0, 0.1) is 0 Å². The molecular formula is C25H29Cl3N2O2. The summed E-state index contributed by atoms with van der Waals surface area (Å²) in [5.74, 6) is -0.293. The van der Waals surface area contributed by atoms with Crippen LogP contribution in [0.4, 0.5) is 0 Å². The summed E-state index contributed by atoms with van der Waals surface area (Å²) in [4.78, 5) is 27.9. The Balaban J connectivity index is 1.77. The Morgan fingerprint density at radius 2 is 1.59 bits per heavy atom. The number of amides is 2. The second-order valence-electron chi connectivity index (χ2n) is 8.33. The molecule has 3 rings (SSSR count). The largest absolute Gasteiger partial charge is 0.352 e. The van der Waals surface area contributed by atoms with Gasteiger partial charge in [-0.2, -0.15) is 0 Å². The number of carbonyl (C=O) groups excluding carboxylic acids is 2. The van der Waals surface area contributed by atoms with Crippen molar-refractivity contribution in [3.63, 3.8) is 0 Å². The third-order valence-electron chi connectivity index (χ3n) is 6.08. The highest BCUT2D eigenvalue weighted by atomic mass is 35.5. The van der Waals surface area contributed by atoms with Gasteiger partial charge in [0.2, 0.25) is 11.8 Å². The normalized spacial score (nSPS) is 15.2. The molecule has 172 valence electrons. The number of benzene rings is 2. The van der Waals surface area contributed by atoms with Gasteiger partial charge in [-0.25, -0.2) is 0 Å². The Labute approximate surface area is 205 Å². The summed E-state index contributed by atoms with van der Waals surface area (Å²) in [5, 5.41) is 4.71. The summed E-state index contributed by atoms with van der Waals surface area (Å²) >= 11 is 19.0. The highest BCUT2D eigenvalue weighted by molar-refractivity contribution is 6.36. The molecule has 32 heavy (non-hydrogen) atoms. The van der Waals surface area contributed by atoms with Gasteiger partial charge in [0, 0.05) is 39.6 Å². The van der Waals surface area contributed by atoms with E-state index in [9.17, 15) is 9.59 Å². The van der Waals surface area contributed by atoms with Crippen molar-refractivity contribution in [3.05, 3.63) is 68.7 Å². The van der Waals surface area contributed by atoms with Gasteiger partial charge >= 0.3 is 0 Å². The third-order valence-corrected chi connectivity index (χ3v) is 7.15. The van der Waals surface area contributed by atoms with E-state index in [-0.39, 0.29) is 30.8 Å². The van der Waals surface area contributed by atoms with Crippen LogP contribution in [-0.4, -0.2) is 28.8 Å². The summed E-state index contributed by atoms with van der Waals surface area (Å²) in [7, 11) is 0. The minimum atomic E-state index is -0.650. The Kier molecular flexibility index (Phi) is 9.27. The molecule has 0 saturated heterocycles. The Morgan fingerprint density at radius 3 is 2.25 bits per heavy atom. The topological polar surface area (TPSA) is 49.4 Å². The first-order valence-corrected chi connectivity index (χ1v) is 12.3. The van der Waals surface area contributed by atoms with E-state index in [2.05, 4.69) is 5.32 Å². The minimum Gasteiger partial charge on any atom is -0.352 e. The first-order chi connectivity index (χ1) is 15.4. The number of nitrogens with one attached hydrogen (secondary N) is 1. The quantitative estimate of drug-likeness (QED) is 0.458. The van der Waals surface area contributed by atoms with E-state index in [0.717, 1.165) is 31.2 Å². The second kappa shape index (κ2) is 11.9. The van der Waals surface area contributed by atoms with Gasteiger partial charge in [-0.05, 0) is 49.9 Å². The molecule has 1 aliphatic carbocycles. The van der Waals surface area contributed by atoms with Crippen LogP contribution in [0.15, 0.2) is 42.5 Å². The van der Waals surface area contributed by atoms with Crippen molar-refractivity contribution in [3.8, 4) is 0 Å². The smallest absolute Gasteiger partial charge is 0.242 e. The molecule has 0 bridgehead atoms. The number of hydrogen-bond acceptors (Lipinski definition) is 2. The van der Waals surface area contributed by atoms with Crippen molar-refractivity contribution in [1.29, 1.82) is 0 Å². The van der Waals surface area contributed by atoms with Gasteiger partial charge in [0.05, 0.1) is 0 Å². The number of aryl methyl sites for hydroxylation is 1. The molecule has 2 aromatic carbocycles. The van der Waals surface area contributed by atoms with Gasteiger partial charge in [0.15, 0.2) is 0 Å². The van der Waals surface area contributed by atoms with E-state index in [1.54, 1.807) is 30.0 Å². The number of hydrogen-bond donors (Lipinski definition) is 1. The monoisotopic (exact) mass is 494 g/mol. The maximum absolute atomic E-state index is 13.3. The average Bonchev–Trinajstić information content (AvgIpc) is 2.78. The molecule has 0 heterocycles. The van der Waals surface area contributed by atoms with Crippen LogP contribution in [0.25, 0.3) is 0 Å². The maximum atomic E-state index is 13.3. The standard InChI is InChI=1S/C25H29Cl3N2O2/c1-17(25(32)29-19-9-3-2-4-10-19)30(16-20-22(27)12-7-13-23(20)28)24(31)15-14-18-8-5-6-11-21(18)26/h5-8,11-13,17,19H,2-4,9-10,14-16H2,1H3,(H,29,32)/t17-/m1/s1. The Morgan fingerprint density at radius 1 is 0.969 bits per heavy atom. The lowest BCUT2D eigenvalue weighted by molar-refractivity contribution is -0.141. The Bertz CT molecular complexity index is 924. The van der Waals surface area contributed by atoms with Crippen LogP contribution in [0.1, 0.15) is 56.6 Å². The van der Waals surface area contributed by atoms with Crippen molar-refractivity contribution in [2.24, 2.45) is 0 Å². The fourth-order valence-electron chi connectivity index (χ4n) is 4.09.